The van der Waals surface area contributed by atoms with Gasteiger partial charge in [0, 0.05) is 26.2 Å². The average molecular weight is 278 g/mol. The van der Waals surface area contributed by atoms with Crippen molar-refractivity contribution in [3.63, 3.8) is 0 Å². The Morgan fingerprint density at radius 3 is 3.05 bits per heavy atom. The molecule has 2 rings (SSSR count). The van der Waals surface area contributed by atoms with Gasteiger partial charge in [-0.3, -0.25) is 9.69 Å². The van der Waals surface area contributed by atoms with Crippen LogP contribution in [0.25, 0.3) is 0 Å². The van der Waals surface area contributed by atoms with Gasteiger partial charge in [-0.25, -0.2) is 0 Å². The van der Waals surface area contributed by atoms with Gasteiger partial charge in [-0.2, -0.15) is 0 Å². The van der Waals surface area contributed by atoms with E-state index in [-0.39, 0.29) is 11.9 Å². The van der Waals surface area contributed by atoms with Gasteiger partial charge < -0.3 is 15.2 Å². The Kier molecular flexibility index (Phi) is 5.52. The van der Waals surface area contributed by atoms with Crippen LogP contribution in [0.4, 0.5) is 0 Å². The highest BCUT2D eigenvalue weighted by Crippen LogP contribution is 2.18. The number of hydrogen-bond acceptors (Lipinski definition) is 5. The summed E-state index contributed by atoms with van der Waals surface area (Å²) >= 11 is 0. The molecule has 5 nitrogen and oxygen atoms in total. The first kappa shape index (κ1) is 15.0. The number of rotatable bonds is 6. The largest absolute Gasteiger partial charge is 0.491 e. The molecule has 5 heteroatoms. The summed E-state index contributed by atoms with van der Waals surface area (Å²) < 4.78 is 11.3. The third kappa shape index (κ3) is 4.03. The van der Waals surface area contributed by atoms with Crippen LogP contribution in [0, 0.1) is 0 Å². The van der Waals surface area contributed by atoms with Crippen molar-refractivity contribution in [2.75, 3.05) is 39.4 Å². The lowest BCUT2D eigenvalue weighted by Crippen LogP contribution is -2.46. The van der Waals surface area contributed by atoms with Crippen LogP contribution in [0.2, 0.25) is 0 Å². The fourth-order valence-electron chi connectivity index (χ4n) is 2.29. The van der Waals surface area contributed by atoms with Gasteiger partial charge in [0.25, 0.3) is 0 Å². The van der Waals surface area contributed by atoms with Gasteiger partial charge in [0.05, 0.1) is 18.3 Å². The zero-order chi connectivity index (χ0) is 14.4. The highest BCUT2D eigenvalue weighted by Gasteiger charge is 2.18. The predicted molar refractivity (Wildman–Crippen MR) is 77.2 cm³/mol. The van der Waals surface area contributed by atoms with Crippen LogP contribution in [-0.2, 0) is 4.74 Å². The topological polar surface area (TPSA) is 64.8 Å². The molecule has 0 aliphatic carbocycles. The Balaban J connectivity index is 1.82. The summed E-state index contributed by atoms with van der Waals surface area (Å²) in [6.07, 6.45) is 0.119. The summed E-state index contributed by atoms with van der Waals surface area (Å²) in [5, 5.41) is 0. The summed E-state index contributed by atoms with van der Waals surface area (Å²) in [6.45, 7) is 5.92. The monoisotopic (exact) mass is 278 g/mol. The van der Waals surface area contributed by atoms with E-state index in [0.29, 0.717) is 31.1 Å². The molecule has 1 heterocycles. The molecule has 110 valence electrons. The van der Waals surface area contributed by atoms with Crippen molar-refractivity contribution >= 4 is 5.78 Å². The minimum Gasteiger partial charge on any atom is -0.491 e. The molecular formula is C15H22N2O3. The van der Waals surface area contributed by atoms with Gasteiger partial charge in [0.2, 0.25) is 0 Å². The lowest BCUT2D eigenvalue weighted by atomic mass is 10.1. The third-order valence-electron chi connectivity index (χ3n) is 3.42. The number of morpholine rings is 1. The predicted octanol–water partition coefficient (Wildman–Crippen LogP) is 0.927. The van der Waals surface area contributed by atoms with E-state index in [9.17, 15) is 4.79 Å². The lowest BCUT2D eigenvalue weighted by molar-refractivity contribution is -0.0261. The van der Waals surface area contributed by atoms with E-state index in [1.54, 1.807) is 13.0 Å². The number of para-hydroxylation sites is 1. The van der Waals surface area contributed by atoms with Crippen molar-refractivity contribution in [2.45, 2.75) is 13.0 Å². The van der Waals surface area contributed by atoms with E-state index in [0.717, 1.165) is 19.6 Å². The highest BCUT2D eigenvalue weighted by molar-refractivity contribution is 5.96. The van der Waals surface area contributed by atoms with Crippen molar-refractivity contribution in [2.24, 2.45) is 5.73 Å². The van der Waals surface area contributed by atoms with Gasteiger partial charge in [0.1, 0.15) is 12.4 Å². The Bertz CT molecular complexity index is 450. The molecule has 0 aromatic heterocycles. The van der Waals surface area contributed by atoms with Crippen LogP contribution in [0.15, 0.2) is 24.3 Å². The lowest BCUT2D eigenvalue weighted by Gasteiger charge is -2.32. The first-order valence-electron chi connectivity index (χ1n) is 6.97. The Hall–Kier alpha value is -1.43. The van der Waals surface area contributed by atoms with Crippen LogP contribution in [0.3, 0.4) is 0 Å². The molecule has 20 heavy (non-hydrogen) atoms. The van der Waals surface area contributed by atoms with E-state index >= 15 is 0 Å². The number of carbonyl (C=O) groups is 1. The fourth-order valence-corrected chi connectivity index (χ4v) is 2.29. The normalized spacial score (nSPS) is 19.8. The van der Waals surface area contributed by atoms with Crippen molar-refractivity contribution in [1.82, 2.24) is 4.90 Å². The smallest absolute Gasteiger partial charge is 0.163 e. The quantitative estimate of drug-likeness (QED) is 0.784. The minimum absolute atomic E-state index is 0.0233. The standard InChI is InChI=1S/C15H22N2O3/c1-12(18)14-4-2-3-5-15(14)20-9-7-17-6-8-19-13(10-16)11-17/h2-5,13H,6-11,16H2,1H3. The molecule has 1 aromatic carbocycles. The van der Waals surface area contributed by atoms with Crippen molar-refractivity contribution in [3.05, 3.63) is 29.8 Å². The van der Waals surface area contributed by atoms with Crippen LogP contribution >= 0.6 is 0 Å². The van der Waals surface area contributed by atoms with E-state index in [1.807, 2.05) is 18.2 Å². The van der Waals surface area contributed by atoms with Gasteiger partial charge in [-0.05, 0) is 19.1 Å². The molecule has 1 aliphatic heterocycles. The second-order valence-corrected chi connectivity index (χ2v) is 4.93. The maximum absolute atomic E-state index is 11.5. The summed E-state index contributed by atoms with van der Waals surface area (Å²) in [7, 11) is 0. The second-order valence-electron chi connectivity index (χ2n) is 4.93. The molecule has 0 amide bonds. The number of ketones is 1. The number of Topliss-reactive ketones (excluding diaryl/α,β-unsaturated/α-hetero) is 1. The molecular weight excluding hydrogens is 256 g/mol. The summed E-state index contributed by atoms with van der Waals surface area (Å²) in [5.74, 6) is 0.679. The summed E-state index contributed by atoms with van der Waals surface area (Å²) in [6, 6.07) is 7.34. The van der Waals surface area contributed by atoms with Gasteiger partial charge in [-0.1, -0.05) is 12.1 Å². The van der Waals surface area contributed by atoms with Crippen LogP contribution in [0.5, 0.6) is 5.75 Å². The van der Waals surface area contributed by atoms with Gasteiger partial charge >= 0.3 is 0 Å². The number of nitrogens with zero attached hydrogens (tertiary/aromatic N) is 1. The Labute approximate surface area is 119 Å². The van der Waals surface area contributed by atoms with Crippen LogP contribution < -0.4 is 10.5 Å². The van der Waals surface area contributed by atoms with E-state index in [1.165, 1.54) is 0 Å². The zero-order valence-electron chi connectivity index (χ0n) is 11.9. The molecule has 1 unspecified atom stereocenters. The van der Waals surface area contributed by atoms with Crippen molar-refractivity contribution < 1.29 is 14.3 Å². The van der Waals surface area contributed by atoms with Crippen LogP contribution in [-0.4, -0.2) is 56.2 Å². The van der Waals surface area contributed by atoms with Crippen molar-refractivity contribution in [1.29, 1.82) is 0 Å². The molecule has 1 aliphatic rings. The highest BCUT2D eigenvalue weighted by atomic mass is 16.5. The number of carbonyl (C=O) groups excluding carboxylic acids is 1. The zero-order valence-corrected chi connectivity index (χ0v) is 11.9. The number of nitrogens with two attached hydrogens (primary N) is 1. The van der Waals surface area contributed by atoms with Gasteiger partial charge in [-0.15, -0.1) is 0 Å². The SMILES string of the molecule is CC(=O)c1ccccc1OCCN1CCOC(CN)C1. The first-order chi connectivity index (χ1) is 9.70. The fraction of sp³-hybridized carbons (Fsp3) is 0.533. The minimum atomic E-state index is 0.0233. The second kappa shape index (κ2) is 7.38. The molecule has 0 bridgehead atoms. The molecule has 2 N–H and O–H groups in total. The summed E-state index contributed by atoms with van der Waals surface area (Å²) in [5.41, 5.74) is 6.25. The maximum atomic E-state index is 11.5. The van der Waals surface area contributed by atoms with Gasteiger partial charge in [0.15, 0.2) is 5.78 Å². The van der Waals surface area contributed by atoms with Crippen molar-refractivity contribution in [3.8, 4) is 5.75 Å². The molecule has 1 saturated heterocycles. The molecule has 1 aromatic rings. The third-order valence-corrected chi connectivity index (χ3v) is 3.42. The average Bonchev–Trinajstić information content (AvgIpc) is 2.48. The number of hydrogen-bond donors (Lipinski definition) is 1. The molecule has 0 radical (unpaired) electrons. The number of benzene rings is 1. The van der Waals surface area contributed by atoms with E-state index in [4.69, 9.17) is 15.2 Å². The van der Waals surface area contributed by atoms with E-state index < -0.39 is 0 Å². The summed E-state index contributed by atoms with van der Waals surface area (Å²) in [4.78, 5) is 13.8. The van der Waals surface area contributed by atoms with E-state index in [2.05, 4.69) is 4.90 Å². The number of ether oxygens (including phenoxy) is 2. The molecule has 0 saturated carbocycles. The first-order valence-corrected chi connectivity index (χ1v) is 6.97. The Morgan fingerprint density at radius 2 is 2.30 bits per heavy atom. The molecule has 1 atom stereocenters. The van der Waals surface area contributed by atoms with Crippen LogP contribution in [0.1, 0.15) is 17.3 Å². The molecule has 0 spiro atoms. The maximum Gasteiger partial charge on any atom is 0.163 e. The molecule has 1 fully saturated rings. The Morgan fingerprint density at radius 1 is 1.50 bits per heavy atom.